The summed E-state index contributed by atoms with van der Waals surface area (Å²) < 4.78 is 5.69. The number of rotatable bonds is 10. The molecule has 0 heterocycles. The van der Waals surface area contributed by atoms with Crippen molar-refractivity contribution >= 4 is 23.4 Å². The number of hydrogen-bond acceptors (Lipinski definition) is 3. The standard InChI is InChI=1S/C23H29ClN2O3/c1-4-21(23(28)25-5-2)26(14-13-18-9-7-6-8-10-18)22(27)16-29-19-11-12-20(24)17(3)15-19/h6-12,15,21H,4-5,13-14,16H2,1-3H3,(H,25,28)/t21-/m0/s1. The van der Waals surface area contributed by atoms with Crippen LogP contribution in [0.15, 0.2) is 48.5 Å². The summed E-state index contributed by atoms with van der Waals surface area (Å²) in [7, 11) is 0. The lowest BCUT2D eigenvalue weighted by Gasteiger charge is -2.30. The highest BCUT2D eigenvalue weighted by atomic mass is 35.5. The maximum absolute atomic E-state index is 13.0. The molecule has 6 heteroatoms. The number of carbonyl (C=O) groups is 2. The quantitative estimate of drug-likeness (QED) is 0.636. The van der Waals surface area contributed by atoms with Gasteiger partial charge in [0.05, 0.1) is 0 Å². The lowest BCUT2D eigenvalue weighted by atomic mass is 10.1. The van der Waals surface area contributed by atoms with E-state index in [1.165, 1.54) is 0 Å². The van der Waals surface area contributed by atoms with Crippen molar-refractivity contribution in [1.29, 1.82) is 0 Å². The number of halogens is 1. The van der Waals surface area contributed by atoms with Crippen LogP contribution in [0.3, 0.4) is 0 Å². The molecule has 0 fully saturated rings. The number of ether oxygens (including phenoxy) is 1. The topological polar surface area (TPSA) is 58.6 Å². The van der Waals surface area contributed by atoms with Crippen molar-refractivity contribution in [3.8, 4) is 5.75 Å². The number of likely N-dealkylation sites (N-methyl/N-ethyl adjacent to an activating group) is 1. The molecule has 2 aromatic rings. The Morgan fingerprint density at radius 3 is 2.48 bits per heavy atom. The van der Waals surface area contributed by atoms with Gasteiger partial charge >= 0.3 is 0 Å². The molecule has 0 bridgehead atoms. The van der Waals surface area contributed by atoms with Gasteiger partial charge in [-0.05, 0) is 56.0 Å². The van der Waals surface area contributed by atoms with E-state index >= 15 is 0 Å². The fraction of sp³-hybridized carbons (Fsp3) is 0.391. The van der Waals surface area contributed by atoms with Crippen molar-refractivity contribution in [2.24, 2.45) is 0 Å². The molecular weight excluding hydrogens is 388 g/mol. The first-order chi connectivity index (χ1) is 14.0. The average molecular weight is 417 g/mol. The molecule has 0 saturated carbocycles. The van der Waals surface area contributed by atoms with Crippen molar-refractivity contribution in [3.63, 3.8) is 0 Å². The van der Waals surface area contributed by atoms with Gasteiger partial charge in [0.25, 0.3) is 5.91 Å². The zero-order valence-electron chi connectivity index (χ0n) is 17.3. The van der Waals surface area contributed by atoms with E-state index in [1.807, 2.05) is 51.1 Å². The molecule has 5 nitrogen and oxygen atoms in total. The monoisotopic (exact) mass is 416 g/mol. The average Bonchev–Trinajstić information content (AvgIpc) is 2.72. The Labute approximate surface area is 178 Å². The number of benzene rings is 2. The van der Waals surface area contributed by atoms with E-state index in [4.69, 9.17) is 16.3 Å². The Kier molecular flexibility index (Phi) is 9.00. The van der Waals surface area contributed by atoms with Crippen LogP contribution in [0.2, 0.25) is 5.02 Å². The molecule has 0 aliphatic heterocycles. The number of hydrogen-bond donors (Lipinski definition) is 1. The van der Waals surface area contributed by atoms with Crippen molar-refractivity contribution in [2.75, 3.05) is 19.7 Å². The van der Waals surface area contributed by atoms with Crippen LogP contribution < -0.4 is 10.1 Å². The van der Waals surface area contributed by atoms with Crippen molar-refractivity contribution in [1.82, 2.24) is 10.2 Å². The minimum Gasteiger partial charge on any atom is -0.484 e. The van der Waals surface area contributed by atoms with E-state index in [0.717, 1.165) is 11.1 Å². The zero-order chi connectivity index (χ0) is 21.2. The lowest BCUT2D eigenvalue weighted by molar-refractivity contribution is -0.142. The second kappa shape index (κ2) is 11.5. The predicted octanol–water partition coefficient (Wildman–Crippen LogP) is 4.01. The van der Waals surface area contributed by atoms with E-state index in [2.05, 4.69) is 5.32 Å². The Morgan fingerprint density at radius 2 is 1.86 bits per heavy atom. The third kappa shape index (κ3) is 6.79. The Balaban J connectivity index is 2.11. The smallest absolute Gasteiger partial charge is 0.261 e. The molecule has 2 amide bonds. The summed E-state index contributed by atoms with van der Waals surface area (Å²) in [4.78, 5) is 27.1. The van der Waals surface area contributed by atoms with Crippen LogP contribution in [0.4, 0.5) is 0 Å². The summed E-state index contributed by atoms with van der Waals surface area (Å²) in [6.07, 6.45) is 1.20. The number of nitrogens with one attached hydrogen (secondary N) is 1. The van der Waals surface area contributed by atoms with E-state index in [9.17, 15) is 9.59 Å². The number of aryl methyl sites for hydroxylation is 1. The molecule has 0 aromatic heterocycles. The summed E-state index contributed by atoms with van der Waals surface area (Å²) in [5, 5.41) is 3.48. The third-order valence-electron chi connectivity index (χ3n) is 4.71. The fourth-order valence-corrected chi connectivity index (χ4v) is 3.24. The fourth-order valence-electron chi connectivity index (χ4n) is 3.12. The van der Waals surface area contributed by atoms with Crippen molar-refractivity contribution < 1.29 is 14.3 Å². The van der Waals surface area contributed by atoms with Gasteiger partial charge in [-0.25, -0.2) is 0 Å². The summed E-state index contributed by atoms with van der Waals surface area (Å²) in [5.41, 5.74) is 2.00. The number of carbonyl (C=O) groups excluding carboxylic acids is 2. The Morgan fingerprint density at radius 1 is 1.14 bits per heavy atom. The highest BCUT2D eigenvalue weighted by Gasteiger charge is 2.28. The number of nitrogens with zero attached hydrogens (tertiary/aromatic N) is 1. The van der Waals surface area contributed by atoms with Gasteiger partial charge in [-0.15, -0.1) is 0 Å². The van der Waals surface area contributed by atoms with Gasteiger partial charge < -0.3 is 15.0 Å². The molecule has 0 radical (unpaired) electrons. The molecular formula is C23H29ClN2O3. The third-order valence-corrected chi connectivity index (χ3v) is 5.14. The Bertz CT molecular complexity index is 811. The van der Waals surface area contributed by atoms with Gasteiger partial charge in [-0.2, -0.15) is 0 Å². The second-order valence-electron chi connectivity index (χ2n) is 6.84. The number of amides is 2. The van der Waals surface area contributed by atoms with E-state index in [-0.39, 0.29) is 18.4 Å². The van der Waals surface area contributed by atoms with Crippen LogP contribution >= 0.6 is 11.6 Å². The minimum absolute atomic E-state index is 0.133. The van der Waals surface area contributed by atoms with E-state index in [0.29, 0.717) is 36.7 Å². The molecule has 0 aliphatic carbocycles. The first-order valence-corrected chi connectivity index (χ1v) is 10.3. The van der Waals surface area contributed by atoms with E-state index in [1.54, 1.807) is 23.1 Å². The molecule has 29 heavy (non-hydrogen) atoms. The molecule has 0 saturated heterocycles. The normalized spacial score (nSPS) is 11.6. The minimum atomic E-state index is -0.526. The maximum atomic E-state index is 13.0. The van der Waals surface area contributed by atoms with E-state index < -0.39 is 6.04 Å². The van der Waals surface area contributed by atoms with Gasteiger partial charge in [0.1, 0.15) is 11.8 Å². The zero-order valence-corrected chi connectivity index (χ0v) is 18.0. The van der Waals surface area contributed by atoms with Crippen molar-refractivity contribution in [2.45, 2.75) is 39.7 Å². The molecule has 1 atom stereocenters. The summed E-state index contributed by atoms with van der Waals surface area (Å²) in [5.74, 6) is 0.222. The van der Waals surface area contributed by atoms with Gasteiger partial charge in [0, 0.05) is 18.1 Å². The highest BCUT2D eigenvalue weighted by molar-refractivity contribution is 6.31. The Hall–Kier alpha value is -2.53. The molecule has 2 rings (SSSR count). The van der Waals surface area contributed by atoms with Crippen LogP contribution in [0.25, 0.3) is 0 Å². The van der Waals surface area contributed by atoms with Crippen molar-refractivity contribution in [3.05, 3.63) is 64.7 Å². The molecule has 156 valence electrons. The first kappa shape index (κ1) is 22.8. The van der Waals surface area contributed by atoms with Gasteiger partial charge in [0.2, 0.25) is 5.91 Å². The van der Waals surface area contributed by atoms with Crippen LogP contribution in [0.5, 0.6) is 5.75 Å². The largest absolute Gasteiger partial charge is 0.484 e. The molecule has 0 spiro atoms. The molecule has 1 N–H and O–H groups in total. The van der Waals surface area contributed by atoms with Gasteiger partial charge in [-0.1, -0.05) is 48.9 Å². The predicted molar refractivity (Wildman–Crippen MR) is 116 cm³/mol. The SMILES string of the molecule is CCNC(=O)[C@H](CC)N(CCc1ccccc1)C(=O)COc1ccc(Cl)c(C)c1. The summed E-state index contributed by atoms with van der Waals surface area (Å²) in [6.45, 7) is 6.49. The van der Waals surface area contributed by atoms with Crippen LogP contribution in [0.1, 0.15) is 31.4 Å². The lowest BCUT2D eigenvalue weighted by Crippen LogP contribution is -2.51. The van der Waals surface area contributed by atoms with Crippen LogP contribution in [-0.4, -0.2) is 42.5 Å². The first-order valence-electron chi connectivity index (χ1n) is 9.96. The molecule has 0 unspecified atom stereocenters. The van der Waals surface area contributed by atoms with Gasteiger partial charge in [0.15, 0.2) is 6.61 Å². The maximum Gasteiger partial charge on any atom is 0.261 e. The van der Waals surface area contributed by atoms with Gasteiger partial charge in [-0.3, -0.25) is 9.59 Å². The highest BCUT2D eigenvalue weighted by Crippen LogP contribution is 2.21. The van der Waals surface area contributed by atoms with Crippen LogP contribution in [0, 0.1) is 6.92 Å². The molecule has 0 aliphatic rings. The van der Waals surface area contributed by atoms with Crippen LogP contribution in [-0.2, 0) is 16.0 Å². The summed E-state index contributed by atoms with van der Waals surface area (Å²) >= 11 is 6.04. The molecule has 2 aromatic carbocycles. The second-order valence-corrected chi connectivity index (χ2v) is 7.25. The summed E-state index contributed by atoms with van der Waals surface area (Å²) in [6, 6.07) is 14.7.